The number of hydrogen-bond donors (Lipinski definition) is 1. The van der Waals surface area contributed by atoms with E-state index in [0.29, 0.717) is 12.8 Å². The fourth-order valence-electron chi connectivity index (χ4n) is 3.66. The van der Waals surface area contributed by atoms with Crippen molar-refractivity contribution in [2.45, 2.75) is 64.6 Å². The van der Waals surface area contributed by atoms with Gasteiger partial charge in [-0.2, -0.15) is 0 Å². The van der Waals surface area contributed by atoms with Crippen molar-refractivity contribution in [2.75, 3.05) is 0 Å². The second kappa shape index (κ2) is 3.70. The zero-order chi connectivity index (χ0) is 13.6. The third-order valence-electron chi connectivity index (χ3n) is 4.30. The van der Waals surface area contributed by atoms with Gasteiger partial charge >= 0.3 is 5.97 Å². The van der Waals surface area contributed by atoms with E-state index < -0.39 is 27.6 Å². The zero-order valence-electron chi connectivity index (χ0n) is 11.1. The Morgan fingerprint density at radius 3 is 2.12 bits per heavy atom. The van der Waals surface area contributed by atoms with Crippen LogP contribution in [0.2, 0.25) is 0 Å². The molecule has 1 aliphatic rings. The van der Waals surface area contributed by atoms with E-state index in [-0.39, 0.29) is 6.04 Å². The molecule has 1 N–H and O–H groups in total. The molecular weight excluding hydrogens is 222 g/mol. The van der Waals surface area contributed by atoms with E-state index in [1.54, 1.807) is 27.7 Å². The third kappa shape index (κ3) is 1.48. The molecule has 0 aliphatic carbocycles. The molecule has 5 nitrogen and oxygen atoms in total. The van der Waals surface area contributed by atoms with E-state index in [2.05, 4.69) is 0 Å². The minimum Gasteiger partial charge on any atom is -0.498 e. The van der Waals surface area contributed by atoms with Gasteiger partial charge in [-0.3, -0.25) is 4.48 Å². The lowest BCUT2D eigenvalue weighted by atomic mass is 9.89. The Labute approximate surface area is 102 Å². The van der Waals surface area contributed by atoms with E-state index >= 15 is 0 Å². The number of likely N-dealkylation sites (tertiary alicyclic amines) is 1. The minimum atomic E-state index is -1.32. The Hall–Kier alpha value is -1.10. The van der Waals surface area contributed by atoms with E-state index in [1.807, 2.05) is 0 Å². The highest BCUT2D eigenvalue weighted by molar-refractivity contribution is 5.79. The van der Waals surface area contributed by atoms with Crippen molar-refractivity contribution in [1.82, 2.24) is 0 Å². The Bertz CT molecular complexity index is 360. The summed E-state index contributed by atoms with van der Waals surface area (Å²) < 4.78 is -0.519. The van der Waals surface area contributed by atoms with Gasteiger partial charge in [0.15, 0.2) is 0 Å². The molecule has 3 unspecified atom stereocenters. The summed E-state index contributed by atoms with van der Waals surface area (Å²) in [4.78, 5) is 23.2. The largest absolute Gasteiger partial charge is 0.498 e. The van der Waals surface area contributed by atoms with E-state index in [4.69, 9.17) is 0 Å². The van der Waals surface area contributed by atoms with Gasteiger partial charge in [-0.25, -0.2) is 4.79 Å². The lowest BCUT2D eigenvalue weighted by Crippen LogP contribution is -2.78. The normalized spacial score (nSPS) is 38.1. The van der Waals surface area contributed by atoms with Gasteiger partial charge in [0.2, 0.25) is 5.54 Å². The molecule has 0 saturated carbocycles. The average molecular weight is 243 g/mol. The van der Waals surface area contributed by atoms with Crippen LogP contribution in [0.15, 0.2) is 0 Å². The third-order valence-corrected chi connectivity index (χ3v) is 4.30. The van der Waals surface area contributed by atoms with Gasteiger partial charge in [0.25, 0.3) is 6.09 Å². The number of carbonyl (C=O) groups excluding carboxylic acids is 1. The van der Waals surface area contributed by atoms with Crippen LogP contribution in [-0.4, -0.2) is 38.8 Å². The van der Waals surface area contributed by atoms with Gasteiger partial charge in [-0.05, 0) is 27.7 Å². The van der Waals surface area contributed by atoms with Crippen LogP contribution in [0.25, 0.3) is 0 Å². The number of quaternary nitrogens is 1. The first kappa shape index (κ1) is 14.0. The molecule has 17 heavy (non-hydrogen) atoms. The van der Waals surface area contributed by atoms with Crippen LogP contribution in [-0.2, 0) is 4.79 Å². The molecule has 1 rings (SSSR count). The van der Waals surface area contributed by atoms with Crippen molar-refractivity contribution in [3.8, 4) is 0 Å². The molecular formula is C12H21NO4. The van der Waals surface area contributed by atoms with Crippen molar-refractivity contribution in [3.05, 3.63) is 0 Å². The summed E-state index contributed by atoms with van der Waals surface area (Å²) in [5.74, 6) is -1.07. The molecule has 0 aromatic rings. The number of hydrogen-bond acceptors (Lipinski definition) is 3. The predicted octanol–water partition coefficient (Wildman–Crippen LogP) is 0.971. The van der Waals surface area contributed by atoms with Gasteiger partial charge in [0.1, 0.15) is 0 Å². The van der Waals surface area contributed by atoms with Crippen LogP contribution in [0.5, 0.6) is 0 Å². The van der Waals surface area contributed by atoms with E-state index in [1.165, 1.54) is 6.92 Å². The molecule has 1 amide bonds. The maximum absolute atomic E-state index is 11.7. The first-order valence-electron chi connectivity index (χ1n) is 5.85. The SMILES string of the molecule is CC1CCC(C)(C(=O)O)[N+]1(C(=O)[O-])C(C)(C)C. The molecule has 1 fully saturated rings. The summed E-state index contributed by atoms with van der Waals surface area (Å²) in [6, 6.07) is -0.263. The predicted molar refractivity (Wildman–Crippen MR) is 60.1 cm³/mol. The minimum absolute atomic E-state index is 0.263. The highest BCUT2D eigenvalue weighted by Crippen LogP contribution is 2.48. The van der Waals surface area contributed by atoms with E-state index in [9.17, 15) is 19.8 Å². The van der Waals surface area contributed by atoms with Crippen molar-refractivity contribution in [2.24, 2.45) is 0 Å². The van der Waals surface area contributed by atoms with E-state index in [0.717, 1.165) is 0 Å². The number of rotatable bonds is 1. The second-order valence-electron chi connectivity index (χ2n) is 6.13. The first-order valence-corrected chi connectivity index (χ1v) is 5.85. The van der Waals surface area contributed by atoms with Gasteiger partial charge in [-0.15, -0.1) is 0 Å². The molecule has 0 radical (unpaired) electrons. The standard InChI is InChI=1S/C12H21NO4/c1-8-6-7-12(5,9(14)15)13(8,10(16)17)11(2,3)4/h8H,6-7H2,1-5H3,(H-,14,15,16,17). The molecule has 0 bridgehead atoms. The lowest BCUT2D eigenvalue weighted by Gasteiger charge is -2.55. The molecule has 1 heterocycles. The van der Waals surface area contributed by atoms with Crippen LogP contribution < -0.4 is 5.11 Å². The Kier molecular flexibility index (Phi) is 3.04. The summed E-state index contributed by atoms with van der Waals surface area (Å²) >= 11 is 0. The molecule has 0 spiro atoms. The lowest BCUT2D eigenvalue weighted by molar-refractivity contribution is -0.961. The molecule has 1 saturated heterocycles. The van der Waals surface area contributed by atoms with Crippen molar-refractivity contribution in [1.29, 1.82) is 0 Å². The first-order chi connectivity index (χ1) is 7.51. The monoisotopic (exact) mass is 243 g/mol. The molecule has 0 aromatic heterocycles. The zero-order valence-corrected chi connectivity index (χ0v) is 11.1. The summed E-state index contributed by atoms with van der Waals surface area (Å²) in [5, 5.41) is 21.1. The fraction of sp³-hybridized carbons (Fsp3) is 0.833. The topological polar surface area (TPSA) is 77.4 Å². The summed E-state index contributed by atoms with van der Waals surface area (Å²) in [6.07, 6.45) is -0.365. The Balaban J connectivity index is 3.55. The summed E-state index contributed by atoms with van der Waals surface area (Å²) in [6.45, 7) is 8.57. The molecule has 3 atom stereocenters. The van der Waals surface area contributed by atoms with Crippen LogP contribution in [0.1, 0.15) is 47.5 Å². The highest BCUT2D eigenvalue weighted by Gasteiger charge is 2.67. The number of nitrogens with zero attached hydrogens (tertiary/aromatic N) is 1. The average Bonchev–Trinajstić information content (AvgIpc) is 2.39. The van der Waals surface area contributed by atoms with Gasteiger partial charge in [0, 0.05) is 19.8 Å². The Morgan fingerprint density at radius 2 is 1.88 bits per heavy atom. The number of amides is 1. The van der Waals surface area contributed by atoms with Crippen molar-refractivity contribution < 1.29 is 24.3 Å². The quantitative estimate of drug-likeness (QED) is 0.696. The van der Waals surface area contributed by atoms with Crippen LogP contribution in [0, 0.1) is 0 Å². The van der Waals surface area contributed by atoms with Gasteiger partial charge in [-0.1, -0.05) is 0 Å². The van der Waals surface area contributed by atoms with Crippen LogP contribution in [0.3, 0.4) is 0 Å². The Morgan fingerprint density at radius 1 is 1.41 bits per heavy atom. The van der Waals surface area contributed by atoms with Crippen molar-refractivity contribution >= 4 is 12.1 Å². The van der Waals surface area contributed by atoms with Crippen LogP contribution in [0.4, 0.5) is 4.79 Å². The second-order valence-corrected chi connectivity index (χ2v) is 6.13. The van der Waals surface area contributed by atoms with Crippen LogP contribution >= 0.6 is 0 Å². The van der Waals surface area contributed by atoms with Gasteiger partial charge in [0.05, 0.1) is 11.6 Å². The smallest absolute Gasteiger partial charge is 0.365 e. The number of carboxylic acids is 1. The molecule has 0 aromatic carbocycles. The maximum Gasteiger partial charge on any atom is 0.365 e. The van der Waals surface area contributed by atoms with Crippen molar-refractivity contribution in [3.63, 3.8) is 0 Å². The highest BCUT2D eigenvalue weighted by atomic mass is 16.4. The summed E-state index contributed by atoms with van der Waals surface area (Å²) in [7, 11) is 0. The number of carbonyl (C=O) groups is 2. The number of carboxylic acid groups (broad SMARTS) is 2. The van der Waals surface area contributed by atoms with Gasteiger partial charge < -0.3 is 15.0 Å². The maximum atomic E-state index is 11.7. The molecule has 1 aliphatic heterocycles. The molecule has 98 valence electrons. The fourth-order valence-corrected chi connectivity index (χ4v) is 3.66. The molecule has 5 heteroatoms. The number of aliphatic carboxylic acids is 1. The summed E-state index contributed by atoms with van der Waals surface area (Å²) in [5.41, 5.74) is -2.04.